The lowest BCUT2D eigenvalue weighted by atomic mass is 10.1. The lowest BCUT2D eigenvalue weighted by molar-refractivity contribution is -0.159. The summed E-state index contributed by atoms with van der Waals surface area (Å²) in [6.45, 7) is 5.71. The SMILES string of the molecule is CC(C)(C)OC(=O)C1Cc2cccc3c2[N@+]1(C)C=CN=C3. The fourth-order valence-electron chi connectivity index (χ4n) is 3.17. The van der Waals surface area contributed by atoms with Gasteiger partial charge in [-0.25, -0.2) is 4.79 Å². The van der Waals surface area contributed by atoms with Gasteiger partial charge in [0.2, 0.25) is 6.04 Å². The molecule has 0 spiro atoms. The fourth-order valence-corrected chi connectivity index (χ4v) is 3.17. The molecule has 1 unspecified atom stereocenters. The first-order valence-electron chi connectivity index (χ1n) is 7.23. The quantitative estimate of drug-likeness (QED) is 0.588. The molecule has 1 aromatic carbocycles. The number of hydrogen-bond acceptors (Lipinski definition) is 3. The number of carbonyl (C=O) groups excluding carboxylic acids is 1. The summed E-state index contributed by atoms with van der Waals surface area (Å²) in [6.07, 6.45) is 6.31. The smallest absolute Gasteiger partial charge is 0.366 e. The maximum absolute atomic E-state index is 12.6. The Morgan fingerprint density at radius 3 is 2.86 bits per heavy atom. The molecule has 0 radical (unpaired) electrons. The molecule has 2 aliphatic rings. The second-order valence-corrected chi connectivity index (χ2v) is 6.83. The van der Waals surface area contributed by atoms with Crippen molar-refractivity contribution in [3.63, 3.8) is 0 Å². The molecule has 2 atom stereocenters. The van der Waals surface area contributed by atoms with Crippen LogP contribution in [0.3, 0.4) is 0 Å². The van der Waals surface area contributed by atoms with Crippen LogP contribution >= 0.6 is 0 Å². The van der Waals surface area contributed by atoms with Crippen molar-refractivity contribution in [3.05, 3.63) is 41.7 Å². The Bertz CT molecular complexity index is 655. The van der Waals surface area contributed by atoms with E-state index in [-0.39, 0.29) is 12.0 Å². The third kappa shape index (κ3) is 2.29. The molecule has 0 saturated carbocycles. The molecule has 0 amide bonds. The lowest BCUT2D eigenvalue weighted by Gasteiger charge is -2.32. The van der Waals surface area contributed by atoms with Gasteiger partial charge in [0.15, 0.2) is 0 Å². The van der Waals surface area contributed by atoms with Crippen molar-refractivity contribution in [2.24, 2.45) is 4.99 Å². The van der Waals surface area contributed by atoms with E-state index in [0.29, 0.717) is 10.9 Å². The van der Waals surface area contributed by atoms with Crippen LogP contribution in [-0.4, -0.2) is 30.9 Å². The van der Waals surface area contributed by atoms with Crippen molar-refractivity contribution >= 4 is 17.9 Å². The molecule has 4 nitrogen and oxygen atoms in total. The van der Waals surface area contributed by atoms with Gasteiger partial charge in [-0.15, -0.1) is 0 Å². The normalized spacial score (nSPS) is 26.4. The van der Waals surface area contributed by atoms with Gasteiger partial charge in [-0.2, -0.15) is 0 Å². The lowest BCUT2D eigenvalue weighted by Crippen LogP contribution is -2.52. The topological polar surface area (TPSA) is 38.7 Å². The molecular weight excluding hydrogens is 264 g/mol. The average Bonchev–Trinajstić information content (AvgIpc) is 2.56. The Labute approximate surface area is 125 Å². The van der Waals surface area contributed by atoms with Crippen LogP contribution < -0.4 is 4.48 Å². The van der Waals surface area contributed by atoms with Gasteiger partial charge in [0.05, 0.1) is 18.8 Å². The molecule has 2 aliphatic heterocycles. The molecule has 4 heteroatoms. The number of rotatable bonds is 1. The third-order valence-electron chi connectivity index (χ3n) is 4.05. The first-order valence-corrected chi connectivity index (χ1v) is 7.23. The van der Waals surface area contributed by atoms with Crippen LogP contribution in [0.4, 0.5) is 5.69 Å². The van der Waals surface area contributed by atoms with Gasteiger partial charge in [-0.3, -0.25) is 9.48 Å². The largest absolute Gasteiger partial charge is 0.456 e. The summed E-state index contributed by atoms with van der Waals surface area (Å²) in [6, 6.07) is 5.90. The number of ether oxygens (including phenoxy) is 1. The minimum Gasteiger partial charge on any atom is -0.456 e. The third-order valence-corrected chi connectivity index (χ3v) is 4.05. The maximum atomic E-state index is 12.6. The Morgan fingerprint density at radius 1 is 1.38 bits per heavy atom. The summed E-state index contributed by atoms with van der Waals surface area (Å²) in [5.41, 5.74) is 2.96. The van der Waals surface area contributed by atoms with E-state index in [1.54, 1.807) is 6.20 Å². The number of carbonyl (C=O) groups is 1. The number of para-hydroxylation sites is 1. The summed E-state index contributed by atoms with van der Waals surface area (Å²) in [5, 5.41) is 0. The molecule has 0 aliphatic carbocycles. The van der Waals surface area contributed by atoms with E-state index in [9.17, 15) is 4.79 Å². The van der Waals surface area contributed by atoms with Crippen molar-refractivity contribution in [1.82, 2.24) is 4.48 Å². The zero-order chi connectivity index (χ0) is 15.3. The highest BCUT2D eigenvalue weighted by molar-refractivity contribution is 5.93. The van der Waals surface area contributed by atoms with Gasteiger partial charge in [0, 0.05) is 18.2 Å². The van der Waals surface area contributed by atoms with Crippen molar-refractivity contribution in [1.29, 1.82) is 0 Å². The van der Waals surface area contributed by atoms with Crippen molar-refractivity contribution in [2.45, 2.75) is 38.8 Å². The van der Waals surface area contributed by atoms with E-state index < -0.39 is 5.60 Å². The van der Waals surface area contributed by atoms with Gasteiger partial charge in [-0.05, 0) is 26.8 Å². The highest BCUT2D eigenvalue weighted by Gasteiger charge is 2.49. The van der Waals surface area contributed by atoms with Crippen LogP contribution in [0.15, 0.2) is 35.6 Å². The molecule has 3 rings (SSSR count). The van der Waals surface area contributed by atoms with E-state index >= 15 is 0 Å². The average molecular weight is 285 g/mol. The van der Waals surface area contributed by atoms with E-state index in [4.69, 9.17) is 4.74 Å². The molecular formula is C17H21N2O2+. The molecule has 110 valence electrons. The summed E-state index contributed by atoms with van der Waals surface area (Å²) in [5.74, 6) is -0.154. The predicted molar refractivity (Wildman–Crippen MR) is 84.2 cm³/mol. The van der Waals surface area contributed by atoms with Crippen LogP contribution in [0, 0.1) is 0 Å². The van der Waals surface area contributed by atoms with Crippen molar-refractivity contribution in [3.8, 4) is 0 Å². The highest BCUT2D eigenvalue weighted by Crippen LogP contribution is 2.42. The van der Waals surface area contributed by atoms with Crippen LogP contribution in [0.2, 0.25) is 0 Å². The highest BCUT2D eigenvalue weighted by atomic mass is 16.6. The molecule has 0 N–H and O–H groups in total. The summed E-state index contributed by atoms with van der Waals surface area (Å²) < 4.78 is 6.06. The Balaban J connectivity index is 2.05. The van der Waals surface area contributed by atoms with Crippen molar-refractivity contribution in [2.75, 3.05) is 7.05 Å². The van der Waals surface area contributed by atoms with Crippen LogP contribution in [0.5, 0.6) is 0 Å². The van der Waals surface area contributed by atoms with Crippen LogP contribution in [0.25, 0.3) is 0 Å². The number of benzene rings is 1. The van der Waals surface area contributed by atoms with Crippen LogP contribution in [0.1, 0.15) is 31.9 Å². The Kier molecular flexibility index (Phi) is 3.02. The molecule has 0 fully saturated rings. The number of esters is 1. The number of nitrogens with zero attached hydrogens (tertiary/aromatic N) is 2. The van der Waals surface area contributed by atoms with Gasteiger partial charge in [-0.1, -0.05) is 12.1 Å². The number of likely N-dealkylation sites (N-methyl/N-ethyl adjacent to an activating group) is 1. The van der Waals surface area contributed by atoms with E-state index in [1.165, 1.54) is 5.56 Å². The first-order chi connectivity index (χ1) is 9.81. The maximum Gasteiger partial charge on any atom is 0.366 e. The molecule has 2 heterocycles. The molecule has 0 saturated heterocycles. The van der Waals surface area contributed by atoms with Gasteiger partial charge in [0.1, 0.15) is 17.5 Å². The molecule has 0 aromatic heterocycles. The number of aliphatic imine (C=N–C) groups is 1. The Hall–Kier alpha value is -1.94. The summed E-state index contributed by atoms with van der Waals surface area (Å²) in [4.78, 5) is 16.9. The second-order valence-electron chi connectivity index (χ2n) is 6.83. The van der Waals surface area contributed by atoms with Crippen LogP contribution in [-0.2, 0) is 16.0 Å². The zero-order valence-corrected chi connectivity index (χ0v) is 13.0. The molecule has 1 aromatic rings. The molecule has 21 heavy (non-hydrogen) atoms. The first kappa shape index (κ1) is 14.0. The van der Waals surface area contributed by atoms with E-state index in [0.717, 1.165) is 11.3 Å². The molecule has 0 bridgehead atoms. The van der Waals surface area contributed by atoms with Crippen molar-refractivity contribution < 1.29 is 9.53 Å². The number of quaternary nitrogens is 1. The predicted octanol–water partition coefficient (Wildman–Crippen LogP) is 2.79. The van der Waals surface area contributed by atoms with E-state index in [1.807, 2.05) is 45.3 Å². The fraction of sp³-hybridized carbons (Fsp3) is 0.412. The standard InChI is InChI=1S/C17H21N2O2/c1-17(2,3)21-16(20)14-10-12-6-5-7-13-11-18-8-9-19(14,4)15(12)13/h5-9,11,14H,10H2,1-4H3/q+1/t14?,19-/m1/s1. The van der Waals surface area contributed by atoms with E-state index in [2.05, 4.69) is 18.1 Å². The second kappa shape index (κ2) is 4.53. The minimum absolute atomic E-state index is 0.154. The Morgan fingerprint density at radius 2 is 2.14 bits per heavy atom. The number of hydrogen-bond donors (Lipinski definition) is 0. The minimum atomic E-state index is -0.472. The summed E-state index contributed by atoms with van der Waals surface area (Å²) >= 11 is 0. The van der Waals surface area contributed by atoms with Gasteiger partial charge >= 0.3 is 5.97 Å². The monoisotopic (exact) mass is 285 g/mol. The zero-order valence-electron chi connectivity index (χ0n) is 13.0. The summed E-state index contributed by atoms with van der Waals surface area (Å²) in [7, 11) is 2.05. The van der Waals surface area contributed by atoms with Gasteiger partial charge in [0.25, 0.3) is 0 Å². The van der Waals surface area contributed by atoms with Gasteiger partial charge < -0.3 is 4.74 Å².